The molecule has 1 heterocycles. The first-order valence-electron chi connectivity index (χ1n) is 8.38. The third-order valence-electron chi connectivity index (χ3n) is 3.83. The average Bonchev–Trinajstić information content (AvgIpc) is 2.69. The Kier molecular flexibility index (Phi) is 5.46. The van der Waals surface area contributed by atoms with Crippen LogP contribution in [0.5, 0.6) is 5.75 Å². The molecule has 0 aliphatic heterocycles. The predicted molar refractivity (Wildman–Crippen MR) is 104 cm³/mol. The van der Waals surface area contributed by atoms with Crippen LogP contribution in [0.25, 0.3) is 0 Å². The van der Waals surface area contributed by atoms with Crippen LogP contribution >= 0.6 is 0 Å². The van der Waals surface area contributed by atoms with Crippen molar-refractivity contribution in [3.05, 3.63) is 70.9 Å². The van der Waals surface area contributed by atoms with E-state index >= 15 is 0 Å². The van der Waals surface area contributed by atoms with Crippen LogP contribution in [-0.4, -0.2) is 28.5 Å². The molecular weight excluding hydrogens is 346 g/mol. The Labute approximate surface area is 156 Å². The maximum Gasteiger partial charge on any atom is 0.330 e. The highest BCUT2D eigenvalue weighted by atomic mass is 16.6. The zero-order chi connectivity index (χ0) is 19.2. The molecule has 1 N–H and O–H groups in total. The summed E-state index contributed by atoms with van der Waals surface area (Å²) in [6.07, 6.45) is 1.21. The van der Waals surface area contributed by atoms with Gasteiger partial charge in [-0.05, 0) is 43.3 Å². The van der Waals surface area contributed by atoms with E-state index in [2.05, 4.69) is 15.3 Å². The lowest BCUT2D eigenvalue weighted by molar-refractivity contribution is -0.384. The van der Waals surface area contributed by atoms with E-state index in [4.69, 9.17) is 4.74 Å². The minimum absolute atomic E-state index is 0.168. The van der Waals surface area contributed by atoms with Crippen molar-refractivity contribution in [1.29, 1.82) is 0 Å². The smallest absolute Gasteiger partial charge is 0.330 e. The topological polar surface area (TPSA) is 93.4 Å². The predicted octanol–water partition coefficient (Wildman–Crippen LogP) is 4.30. The molecule has 27 heavy (non-hydrogen) atoms. The number of hydrogen-bond donors (Lipinski definition) is 1. The highest BCUT2D eigenvalue weighted by molar-refractivity contribution is 5.69. The fourth-order valence-electron chi connectivity index (χ4n) is 2.51. The molecule has 0 saturated carbocycles. The number of nitrogens with zero attached hydrogens (tertiary/aromatic N) is 4. The molecule has 0 aliphatic rings. The molecule has 0 saturated heterocycles. The SMILES string of the molecule is CCOc1ccc(Nc2ncc([N+](=O)[O-])c(N(C)c3ccccc3)n2)cc1. The molecule has 0 fully saturated rings. The Bertz CT molecular complexity index is 916. The van der Waals surface area contributed by atoms with Crippen LogP contribution in [0.2, 0.25) is 0 Å². The second-order valence-corrected chi connectivity index (χ2v) is 5.64. The van der Waals surface area contributed by atoms with E-state index in [0.29, 0.717) is 6.61 Å². The summed E-state index contributed by atoms with van der Waals surface area (Å²) in [7, 11) is 1.73. The van der Waals surface area contributed by atoms with Crippen molar-refractivity contribution in [2.24, 2.45) is 0 Å². The molecule has 0 aliphatic carbocycles. The van der Waals surface area contributed by atoms with Crippen LogP contribution in [0.3, 0.4) is 0 Å². The maximum atomic E-state index is 11.4. The van der Waals surface area contributed by atoms with Crippen LogP contribution < -0.4 is 15.0 Å². The molecular formula is C19H19N5O3. The Hall–Kier alpha value is -3.68. The van der Waals surface area contributed by atoms with Crippen molar-refractivity contribution >= 4 is 28.8 Å². The molecule has 8 heteroatoms. The van der Waals surface area contributed by atoms with Gasteiger partial charge in [0.2, 0.25) is 11.8 Å². The first-order valence-corrected chi connectivity index (χ1v) is 8.38. The fraction of sp³-hybridized carbons (Fsp3) is 0.158. The average molecular weight is 365 g/mol. The molecule has 3 rings (SSSR count). The van der Waals surface area contributed by atoms with E-state index < -0.39 is 4.92 Å². The molecule has 0 radical (unpaired) electrons. The largest absolute Gasteiger partial charge is 0.494 e. The first-order chi connectivity index (χ1) is 13.1. The van der Waals surface area contributed by atoms with Gasteiger partial charge in [0.15, 0.2) is 0 Å². The van der Waals surface area contributed by atoms with Crippen molar-refractivity contribution in [2.75, 3.05) is 23.9 Å². The van der Waals surface area contributed by atoms with Gasteiger partial charge in [-0.25, -0.2) is 4.98 Å². The van der Waals surface area contributed by atoms with Gasteiger partial charge in [-0.15, -0.1) is 0 Å². The fourth-order valence-corrected chi connectivity index (χ4v) is 2.51. The molecule has 0 bridgehead atoms. The van der Waals surface area contributed by atoms with E-state index in [1.165, 1.54) is 6.20 Å². The van der Waals surface area contributed by atoms with Gasteiger partial charge in [0.1, 0.15) is 11.9 Å². The summed E-state index contributed by atoms with van der Waals surface area (Å²) in [6, 6.07) is 16.6. The van der Waals surface area contributed by atoms with Gasteiger partial charge >= 0.3 is 5.69 Å². The zero-order valence-electron chi connectivity index (χ0n) is 15.0. The van der Waals surface area contributed by atoms with Crippen molar-refractivity contribution in [1.82, 2.24) is 9.97 Å². The van der Waals surface area contributed by atoms with Gasteiger partial charge in [0.25, 0.3) is 0 Å². The summed E-state index contributed by atoms with van der Waals surface area (Å²) in [5.41, 5.74) is 1.37. The summed E-state index contributed by atoms with van der Waals surface area (Å²) in [5, 5.41) is 14.4. The van der Waals surface area contributed by atoms with Gasteiger partial charge in [-0.2, -0.15) is 4.98 Å². The lowest BCUT2D eigenvalue weighted by atomic mass is 10.3. The molecule has 8 nitrogen and oxygen atoms in total. The summed E-state index contributed by atoms with van der Waals surface area (Å²) < 4.78 is 5.41. The number of para-hydroxylation sites is 1. The molecule has 1 aromatic heterocycles. The zero-order valence-corrected chi connectivity index (χ0v) is 15.0. The molecule has 0 spiro atoms. The van der Waals surface area contributed by atoms with Crippen LogP contribution in [0.15, 0.2) is 60.8 Å². The number of aromatic nitrogens is 2. The highest BCUT2D eigenvalue weighted by Gasteiger charge is 2.21. The number of anilines is 4. The normalized spacial score (nSPS) is 10.3. The van der Waals surface area contributed by atoms with Crippen LogP contribution in [0.1, 0.15) is 6.92 Å². The summed E-state index contributed by atoms with van der Waals surface area (Å²) >= 11 is 0. The number of nitro groups is 1. The molecule has 0 unspecified atom stereocenters. The van der Waals surface area contributed by atoms with Gasteiger partial charge < -0.3 is 15.0 Å². The Morgan fingerprint density at radius 1 is 1.15 bits per heavy atom. The first kappa shape index (κ1) is 18.1. The van der Waals surface area contributed by atoms with Crippen LogP contribution in [-0.2, 0) is 0 Å². The van der Waals surface area contributed by atoms with E-state index in [1.54, 1.807) is 11.9 Å². The minimum atomic E-state index is -0.491. The summed E-state index contributed by atoms with van der Waals surface area (Å²) in [6.45, 7) is 2.51. The monoisotopic (exact) mass is 365 g/mol. The van der Waals surface area contributed by atoms with E-state index in [9.17, 15) is 10.1 Å². The standard InChI is InChI=1S/C19H19N5O3/c1-3-27-16-11-9-14(10-12-16)21-19-20-13-17(24(25)26)18(22-19)23(2)15-7-5-4-6-8-15/h4-13H,3H2,1-2H3,(H,20,21,22). The third-order valence-corrected chi connectivity index (χ3v) is 3.83. The van der Waals surface area contributed by atoms with Crippen LogP contribution in [0, 0.1) is 10.1 Å². The Morgan fingerprint density at radius 2 is 1.85 bits per heavy atom. The lowest BCUT2D eigenvalue weighted by Gasteiger charge is -2.18. The molecule has 3 aromatic rings. The van der Waals surface area contributed by atoms with Crippen LogP contribution in [0.4, 0.5) is 28.8 Å². The molecule has 0 atom stereocenters. The number of ether oxygens (including phenoxy) is 1. The third kappa shape index (κ3) is 4.30. The molecule has 0 amide bonds. The van der Waals surface area contributed by atoms with Gasteiger partial charge in [0.05, 0.1) is 11.5 Å². The van der Waals surface area contributed by atoms with E-state index in [0.717, 1.165) is 17.1 Å². The number of hydrogen-bond acceptors (Lipinski definition) is 7. The van der Waals surface area contributed by atoms with Gasteiger partial charge in [-0.1, -0.05) is 18.2 Å². The summed E-state index contributed by atoms with van der Waals surface area (Å²) in [5.74, 6) is 1.23. The van der Waals surface area contributed by atoms with Gasteiger partial charge in [0, 0.05) is 18.4 Å². The minimum Gasteiger partial charge on any atom is -0.494 e. The maximum absolute atomic E-state index is 11.4. The molecule has 138 valence electrons. The van der Waals surface area contributed by atoms with E-state index in [-0.39, 0.29) is 17.5 Å². The number of rotatable bonds is 7. The van der Waals surface area contributed by atoms with Crippen molar-refractivity contribution in [3.63, 3.8) is 0 Å². The second kappa shape index (κ2) is 8.13. The number of nitrogens with one attached hydrogen (secondary N) is 1. The van der Waals surface area contributed by atoms with Crippen molar-refractivity contribution < 1.29 is 9.66 Å². The molecule has 2 aromatic carbocycles. The highest BCUT2D eigenvalue weighted by Crippen LogP contribution is 2.31. The van der Waals surface area contributed by atoms with Crippen molar-refractivity contribution in [3.8, 4) is 5.75 Å². The quantitative estimate of drug-likeness (QED) is 0.493. The Balaban J connectivity index is 1.90. The summed E-state index contributed by atoms with van der Waals surface area (Å²) in [4.78, 5) is 21.0. The lowest BCUT2D eigenvalue weighted by Crippen LogP contribution is -2.14. The van der Waals surface area contributed by atoms with Gasteiger partial charge in [-0.3, -0.25) is 10.1 Å². The second-order valence-electron chi connectivity index (χ2n) is 5.64. The van der Waals surface area contributed by atoms with Crippen molar-refractivity contribution in [2.45, 2.75) is 6.92 Å². The Morgan fingerprint density at radius 3 is 2.48 bits per heavy atom. The number of benzene rings is 2. The van der Waals surface area contributed by atoms with E-state index in [1.807, 2.05) is 61.5 Å².